The Hall–Kier alpha value is -0.160. The molecule has 5 heteroatoms. The lowest BCUT2D eigenvalue weighted by Gasteiger charge is -2.31. The third-order valence-corrected chi connectivity index (χ3v) is 3.99. The Morgan fingerprint density at radius 2 is 2.19 bits per heavy atom. The minimum absolute atomic E-state index is 0.407. The third-order valence-electron chi connectivity index (χ3n) is 2.81. The number of halogens is 1. The molecule has 16 heavy (non-hydrogen) atoms. The Morgan fingerprint density at radius 1 is 1.44 bits per heavy atom. The third kappa shape index (κ3) is 3.42. The fourth-order valence-electron chi connectivity index (χ4n) is 1.79. The summed E-state index contributed by atoms with van der Waals surface area (Å²) in [6.45, 7) is 1.23. The molecule has 0 amide bonds. The van der Waals surface area contributed by atoms with Crippen LogP contribution in [0.4, 0.5) is 0 Å². The van der Waals surface area contributed by atoms with Gasteiger partial charge in [-0.25, -0.2) is 0 Å². The molecule has 2 rings (SSSR count). The van der Waals surface area contributed by atoms with Crippen LogP contribution >= 0.6 is 23.4 Å². The van der Waals surface area contributed by atoms with Gasteiger partial charge in [-0.05, 0) is 48.1 Å². The first kappa shape index (κ1) is 12.3. The topological polar surface area (TPSA) is 45.4 Å². The molecule has 0 atom stereocenters. The molecule has 1 aromatic heterocycles. The van der Waals surface area contributed by atoms with Crippen molar-refractivity contribution in [1.29, 1.82) is 0 Å². The first-order chi connectivity index (χ1) is 7.68. The van der Waals surface area contributed by atoms with Crippen molar-refractivity contribution in [2.24, 2.45) is 0 Å². The number of hydrogen-bond acceptors (Lipinski definition) is 4. The highest BCUT2D eigenvalue weighted by Gasteiger charge is 2.28. The zero-order valence-corrected chi connectivity index (χ0v) is 10.6. The Balaban J connectivity index is 1.74. The van der Waals surface area contributed by atoms with E-state index >= 15 is 0 Å². The lowest BCUT2D eigenvalue weighted by Crippen LogP contribution is -2.43. The molecule has 1 fully saturated rings. The van der Waals surface area contributed by atoms with Crippen molar-refractivity contribution in [2.45, 2.75) is 25.0 Å². The second kappa shape index (κ2) is 5.45. The first-order valence-corrected chi connectivity index (χ1v) is 6.96. The van der Waals surface area contributed by atoms with Gasteiger partial charge >= 0.3 is 0 Å². The van der Waals surface area contributed by atoms with E-state index in [-0.39, 0.29) is 0 Å². The summed E-state index contributed by atoms with van der Waals surface area (Å²) in [4.78, 5) is 0. The molecular weight excluding hydrogens is 246 g/mol. The highest BCUT2D eigenvalue weighted by atomic mass is 35.5. The maximum Gasteiger partial charge on any atom is 0.193 e. The van der Waals surface area contributed by atoms with E-state index in [0.29, 0.717) is 18.3 Å². The van der Waals surface area contributed by atoms with Crippen molar-refractivity contribution < 1.29 is 9.52 Å². The van der Waals surface area contributed by atoms with Crippen LogP contribution in [-0.2, 0) is 6.54 Å². The van der Waals surface area contributed by atoms with Crippen molar-refractivity contribution >= 4 is 23.4 Å². The van der Waals surface area contributed by atoms with Crippen LogP contribution in [0.1, 0.15) is 18.6 Å². The van der Waals surface area contributed by atoms with Crippen LogP contribution < -0.4 is 5.32 Å². The van der Waals surface area contributed by atoms with E-state index in [1.165, 1.54) is 0 Å². The number of hydrogen-bond donors (Lipinski definition) is 2. The van der Waals surface area contributed by atoms with Gasteiger partial charge in [0.15, 0.2) is 5.22 Å². The maximum atomic E-state index is 10.2. The second-order valence-corrected chi connectivity index (χ2v) is 5.74. The van der Waals surface area contributed by atoms with E-state index in [2.05, 4.69) is 5.32 Å². The van der Waals surface area contributed by atoms with Crippen LogP contribution in [0.5, 0.6) is 0 Å². The van der Waals surface area contributed by atoms with E-state index in [0.717, 1.165) is 30.1 Å². The molecule has 0 unspecified atom stereocenters. The molecule has 0 aliphatic carbocycles. The minimum atomic E-state index is -0.540. The molecule has 0 saturated carbocycles. The maximum absolute atomic E-state index is 10.2. The van der Waals surface area contributed by atoms with Crippen LogP contribution in [0, 0.1) is 0 Å². The molecule has 90 valence electrons. The standard InChI is InChI=1S/C11H16ClNO2S/c12-10-2-1-9(15-10)7-13-8-11(14)3-5-16-6-4-11/h1-2,13-14H,3-8H2. The van der Waals surface area contributed by atoms with Crippen LogP contribution in [0.3, 0.4) is 0 Å². The van der Waals surface area contributed by atoms with Gasteiger partial charge in [0.25, 0.3) is 0 Å². The van der Waals surface area contributed by atoms with Crippen molar-refractivity contribution in [3.63, 3.8) is 0 Å². The average Bonchev–Trinajstić information content (AvgIpc) is 2.65. The van der Waals surface area contributed by atoms with Gasteiger partial charge in [-0.15, -0.1) is 0 Å². The number of furan rings is 1. The zero-order valence-electron chi connectivity index (χ0n) is 9.04. The summed E-state index contributed by atoms with van der Waals surface area (Å²) in [5.74, 6) is 2.90. The molecule has 0 spiro atoms. The highest BCUT2D eigenvalue weighted by molar-refractivity contribution is 7.99. The van der Waals surface area contributed by atoms with E-state index in [1.807, 2.05) is 17.8 Å². The first-order valence-electron chi connectivity index (χ1n) is 5.43. The summed E-state index contributed by atoms with van der Waals surface area (Å²) in [5.41, 5.74) is -0.540. The molecular formula is C11H16ClNO2S. The van der Waals surface area contributed by atoms with Crippen molar-refractivity contribution in [1.82, 2.24) is 5.32 Å². The second-order valence-electron chi connectivity index (χ2n) is 4.15. The number of aliphatic hydroxyl groups is 1. The lowest BCUT2D eigenvalue weighted by atomic mass is 9.97. The summed E-state index contributed by atoms with van der Waals surface area (Å²) in [6, 6.07) is 3.57. The number of rotatable bonds is 4. The molecule has 0 aromatic carbocycles. The van der Waals surface area contributed by atoms with Crippen LogP contribution in [0.25, 0.3) is 0 Å². The summed E-state index contributed by atoms with van der Waals surface area (Å²) < 4.78 is 5.22. The summed E-state index contributed by atoms with van der Waals surface area (Å²) >= 11 is 7.58. The van der Waals surface area contributed by atoms with Crippen molar-refractivity contribution in [2.75, 3.05) is 18.1 Å². The molecule has 1 aliphatic rings. The Bertz CT molecular complexity index is 336. The van der Waals surface area contributed by atoms with Gasteiger partial charge in [-0.1, -0.05) is 0 Å². The van der Waals surface area contributed by atoms with Crippen LogP contribution in [0.15, 0.2) is 16.5 Å². The van der Waals surface area contributed by atoms with E-state index in [4.69, 9.17) is 16.0 Å². The van der Waals surface area contributed by atoms with Crippen LogP contribution in [-0.4, -0.2) is 28.8 Å². The molecule has 0 bridgehead atoms. The Kier molecular flexibility index (Phi) is 4.19. The molecule has 0 radical (unpaired) electrons. The molecule has 2 heterocycles. The summed E-state index contributed by atoms with van der Waals surface area (Å²) in [6.07, 6.45) is 1.73. The smallest absolute Gasteiger partial charge is 0.193 e. The van der Waals surface area contributed by atoms with Gasteiger partial charge in [0.2, 0.25) is 0 Å². The lowest BCUT2D eigenvalue weighted by molar-refractivity contribution is 0.0316. The van der Waals surface area contributed by atoms with Gasteiger partial charge in [0.1, 0.15) is 5.76 Å². The molecule has 1 saturated heterocycles. The zero-order chi connectivity index (χ0) is 11.4. The average molecular weight is 262 g/mol. The normalized spacial score (nSPS) is 19.9. The van der Waals surface area contributed by atoms with E-state index < -0.39 is 5.60 Å². The van der Waals surface area contributed by atoms with Crippen LogP contribution in [0.2, 0.25) is 5.22 Å². The Morgan fingerprint density at radius 3 is 2.81 bits per heavy atom. The highest BCUT2D eigenvalue weighted by Crippen LogP contribution is 2.26. The van der Waals surface area contributed by atoms with E-state index in [9.17, 15) is 5.11 Å². The van der Waals surface area contributed by atoms with Gasteiger partial charge in [-0.2, -0.15) is 11.8 Å². The molecule has 3 nitrogen and oxygen atoms in total. The van der Waals surface area contributed by atoms with Gasteiger partial charge < -0.3 is 14.8 Å². The SMILES string of the molecule is OC1(CNCc2ccc(Cl)o2)CCSCC1. The van der Waals surface area contributed by atoms with Gasteiger partial charge in [0.05, 0.1) is 12.1 Å². The molecule has 2 N–H and O–H groups in total. The molecule has 1 aliphatic heterocycles. The minimum Gasteiger partial charge on any atom is -0.448 e. The fourth-order valence-corrected chi connectivity index (χ4v) is 3.21. The predicted octanol–water partition coefficient (Wildman–Crippen LogP) is 2.28. The van der Waals surface area contributed by atoms with Crippen molar-refractivity contribution in [3.8, 4) is 0 Å². The van der Waals surface area contributed by atoms with Gasteiger partial charge in [0, 0.05) is 6.54 Å². The quantitative estimate of drug-likeness (QED) is 0.873. The van der Waals surface area contributed by atoms with Gasteiger partial charge in [-0.3, -0.25) is 0 Å². The molecule has 1 aromatic rings. The van der Waals surface area contributed by atoms with E-state index in [1.54, 1.807) is 6.07 Å². The van der Waals surface area contributed by atoms with Crippen molar-refractivity contribution in [3.05, 3.63) is 23.1 Å². The summed E-state index contributed by atoms with van der Waals surface area (Å²) in [7, 11) is 0. The summed E-state index contributed by atoms with van der Waals surface area (Å²) in [5, 5.41) is 13.8. The fraction of sp³-hybridized carbons (Fsp3) is 0.636. The largest absolute Gasteiger partial charge is 0.448 e. The Labute approximate surface area is 105 Å². The predicted molar refractivity (Wildman–Crippen MR) is 66.9 cm³/mol. The number of nitrogens with one attached hydrogen (secondary N) is 1. The number of thioether (sulfide) groups is 1. The monoisotopic (exact) mass is 261 g/mol.